The van der Waals surface area contributed by atoms with Crippen LogP contribution in [0.3, 0.4) is 0 Å². The number of carbonyl (C=O) groups is 1. The van der Waals surface area contributed by atoms with Gasteiger partial charge >= 0.3 is 0 Å². The summed E-state index contributed by atoms with van der Waals surface area (Å²) in [6.45, 7) is 3.54. The summed E-state index contributed by atoms with van der Waals surface area (Å²) in [5.74, 6) is -0.799. The molecule has 0 spiro atoms. The number of rotatable bonds is 7. The number of aliphatic hydroxyl groups is 1. The molecule has 0 heterocycles. The molecule has 0 fully saturated rings. The number of aliphatic hydroxyl groups excluding tert-OH is 1. The smallest absolute Gasteiger partial charge is 0.253 e. The van der Waals surface area contributed by atoms with Gasteiger partial charge in [0.2, 0.25) is 0 Å². The number of anilines is 1. The number of amides is 1. The number of hydrogen-bond donors (Lipinski definition) is 3. The summed E-state index contributed by atoms with van der Waals surface area (Å²) in [6.07, 6.45) is 0. The highest BCUT2D eigenvalue weighted by molar-refractivity contribution is 6.00. The summed E-state index contributed by atoms with van der Waals surface area (Å²) in [7, 11) is 1.38. The van der Waals surface area contributed by atoms with E-state index in [2.05, 4.69) is 10.6 Å². The predicted molar refractivity (Wildman–Crippen MR) is 100 cm³/mol. The molecule has 0 aromatic heterocycles. The van der Waals surface area contributed by atoms with Crippen LogP contribution in [0.1, 0.15) is 35.3 Å². The lowest BCUT2D eigenvalue weighted by Gasteiger charge is -2.26. The number of hydrogen-bond acceptors (Lipinski definition) is 5. The van der Waals surface area contributed by atoms with Gasteiger partial charge in [-0.3, -0.25) is 4.79 Å². The molecule has 0 aliphatic rings. The van der Waals surface area contributed by atoms with Gasteiger partial charge in [0.15, 0.2) is 11.6 Å². The van der Waals surface area contributed by atoms with Crippen molar-refractivity contribution in [2.75, 3.05) is 19.0 Å². The average molecular weight is 371 g/mol. The molecule has 142 valence electrons. The summed E-state index contributed by atoms with van der Waals surface area (Å²) < 4.78 is 18.6. The van der Waals surface area contributed by atoms with Gasteiger partial charge in [0.1, 0.15) is 0 Å². The highest BCUT2D eigenvalue weighted by Crippen LogP contribution is 2.22. The van der Waals surface area contributed by atoms with Crippen molar-refractivity contribution < 1.29 is 19.0 Å². The van der Waals surface area contributed by atoms with Crippen molar-refractivity contribution in [2.45, 2.75) is 25.9 Å². The molecular formula is C20H22FN3O3. The zero-order valence-electron chi connectivity index (χ0n) is 15.5. The number of ether oxygens (including phenoxy) is 1. The van der Waals surface area contributed by atoms with Crippen LogP contribution in [0.4, 0.5) is 10.1 Å². The van der Waals surface area contributed by atoms with Crippen molar-refractivity contribution in [3.05, 3.63) is 58.9 Å². The minimum Gasteiger partial charge on any atom is -0.494 e. The fourth-order valence-electron chi connectivity index (χ4n) is 2.41. The van der Waals surface area contributed by atoms with E-state index in [-0.39, 0.29) is 24.5 Å². The molecule has 2 rings (SSSR count). The van der Waals surface area contributed by atoms with Gasteiger partial charge in [0, 0.05) is 12.2 Å². The maximum absolute atomic E-state index is 13.8. The van der Waals surface area contributed by atoms with E-state index in [1.54, 1.807) is 32.0 Å². The molecule has 0 bridgehead atoms. The fourth-order valence-corrected chi connectivity index (χ4v) is 2.41. The first kappa shape index (κ1) is 20.2. The Hall–Kier alpha value is -3.11. The fraction of sp³-hybridized carbons (Fsp3) is 0.300. The lowest BCUT2D eigenvalue weighted by atomic mass is 10.0. The Morgan fingerprint density at radius 1 is 1.30 bits per heavy atom. The zero-order valence-corrected chi connectivity index (χ0v) is 15.5. The highest BCUT2D eigenvalue weighted by Gasteiger charge is 2.20. The first-order valence-corrected chi connectivity index (χ1v) is 8.33. The van der Waals surface area contributed by atoms with Gasteiger partial charge in [-0.1, -0.05) is 6.07 Å². The molecular weight excluding hydrogens is 349 g/mol. The number of nitrogens with one attached hydrogen (secondary N) is 2. The molecule has 2 aromatic rings. The molecule has 2 aromatic carbocycles. The van der Waals surface area contributed by atoms with Gasteiger partial charge < -0.3 is 20.5 Å². The summed E-state index contributed by atoms with van der Waals surface area (Å²) in [6, 6.07) is 11.1. The van der Waals surface area contributed by atoms with Crippen LogP contribution >= 0.6 is 0 Å². The topological polar surface area (TPSA) is 94.4 Å². The van der Waals surface area contributed by atoms with Gasteiger partial charge in [0.05, 0.1) is 36.5 Å². The van der Waals surface area contributed by atoms with Gasteiger partial charge in [-0.2, -0.15) is 5.26 Å². The standard InChI is InChI=1S/C20H22FN3O3/c1-20(2,12-25)24-17-6-4-13(10-22)8-15(17)19(26)23-11-14-5-7-18(27-3)16(21)9-14/h4-9,24-25H,11-12H2,1-3H3,(H,23,26). The van der Waals surface area contributed by atoms with E-state index in [1.807, 2.05) is 6.07 Å². The average Bonchev–Trinajstić information content (AvgIpc) is 2.66. The third-order valence-corrected chi connectivity index (χ3v) is 3.93. The molecule has 0 saturated carbocycles. The molecule has 0 unspecified atom stereocenters. The Kier molecular flexibility index (Phi) is 6.37. The van der Waals surface area contributed by atoms with Crippen molar-refractivity contribution in [2.24, 2.45) is 0 Å². The number of nitriles is 1. The SMILES string of the molecule is COc1ccc(CNC(=O)c2cc(C#N)ccc2NC(C)(C)CO)cc1F. The van der Waals surface area contributed by atoms with Crippen molar-refractivity contribution >= 4 is 11.6 Å². The third-order valence-electron chi connectivity index (χ3n) is 3.93. The van der Waals surface area contributed by atoms with E-state index in [0.717, 1.165) is 0 Å². The Labute approximate surface area is 157 Å². The molecule has 0 radical (unpaired) electrons. The van der Waals surface area contributed by atoms with Crippen molar-refractivity contribution in [1.29, 1.82) is 5.26 Å². The molecule has 0 aliphatic carbocycles. The molecule has 6 nitrogen and oxygen atoms in total. The van der Waals surface area contributed by atoms with E-state index in [4.69, 9.17) is 10.00 Å². The van der Waals surface area contributed by atoms with Crippen molar-refractivity contribution in [3.63, 3.8) is 0 Å². The summed E-state index contributed by atoms with van der Waals surface area (Å²) in [5.41, 5.74) is 1.02. The molecule has 0 atom stereocenters. The number of benzene rings is 2. The van der Waals surface area contributed by atoms with Crippen LogP contribution in [0, 0.1) is 17.1 Å². The largest absolute Gasteiger partial charge is 0.494 e. The lowest BCUT2D eigenvalue weighted by Crippen LogP contribution is -2.36. The van der Waals surface area contributed by atoms with Crippen molar-refractivity contribution in [3.8, 4) is 11.8 Å². The Morgan fingerprint density at radius 3 is 2.63 bits per heavy atom. The minimum absolute atomic E-state index is 0.110. The quantitative estimate of drug-likeness (QED) is 0.696. The second-order valence-electron chi connectivity index (χ2n) is 6.69. The molecule has 3 N–H and O–H groups in total. The molecule has 0 aliphatic heterocycles. The summed E-state index contributed by atoms with van der Waals surface area (Å²) >= 11 is 0. The number of carbonyl (C=O) groups excluding carboxylic acids is 1. The van der Waals surface area contributed by atoms with Gasteiger partial charge in [0.25, 0.3) is 5.91 Å². The van der Waals surface area contributed by atoms with Crippen LogP contribution in [0.2, 0.25) is 0 Å². The molecule has 0 saturated heterocycles. The van der Waals surface area contributed by atoms with Crippen LogP contribution in [-0.4, -0.2) is 30.3 Å². The third kappa shape index (κ3) is 5.19. The Bertz CT molecular complexity index is 875. The number of nitrogens with zero attached hydrogens (tertiary/aromatic N) is 1. The summed E-state index contributed by atoms with van der Waals surface area (Å²) in [5, 5.41) is 24.4. The van der Waals surface area contributed by atoms with Crippen LogP contribution in [-0.2, 0) is 6.54 Å². The highest BCUT2D eigenvalue weighted by atomic mass is 19.1. The predicted octanol–water partition coefficient (Wildman–Crippen LogP) is 2.82. The molecule has 1 amide bonds. The van der Waals surface area contributed by atoms with E-state index < -0.39 is 17.3 Å². The van der Waals surface area contributed by atoms with Crippen LogP contribution < -0.4 is 15.4 Å². The number of halogens is 1. The Morgan fingerprint density at radius 2 is 2.04 bits per heavy atom. The van der Waals surface area contributed by atoms with Crippen LogP contribution in [0.15, 0.2) is 36.4 Å². The van der Waals surface area contributed by atoms with E-state index in [0.29, 0.717) is 16.8 Å². The maximum atomic E-state index is 13.8. The normalized spacial score (nSPS) is 10.8. The lowest BCUT2D eigenvalue weighted by molar-refractivity contribution is 0.0951. The second-order valence-corrected chi connectivity index (χ2v) is 6.69. The Balaban J connectivity index is 2.21. The molecule has 27 heavy (non-hydrogen) atoms. The van der Waals surface area contributed by atoms with Crippen molar-refractivity contribution in [1.82, 2.24) is 5.32 Å². The van der Waals surface area contributed by atoms with Gasteiger partial charge in [-0.25, -0.2) is 4.39 Å². The second kappa shape index (κ2) is 8.52. The monoisotopic (exact) mass is 371 g/mol. The molecule has 7 heteroatoms. The van der Waals surface area contributed by atoms with Gasteiger partial charge in [-0.05, 0) is 49.7 Å². The van der Waals surface area contributed by atoms with E-state index in [9.17, 15) is 14.3 Å². The summed E-state index contributed by atoms with van der Waals surface area (Å²) in [4.78, 5) is 12.6. The van der Waals surface area contributed by atoms with Gasteiger partial charge in [-0.15, -0.1) is 0 Å². The first-order chi connectivity index (χ1) is 12.8. The first-order valence-electron chi connectivity index (χ1n) is 8.33. The number of methoxy groups -OCH3 is 1. The van der Waals surface area contributed by atoms with E-state index >= 15 is 0 Å². The zero-order chi connectivity index (χ0) is 20.0. The van der Waals surface area contributed by atoms with Crippen LogP contribution in [0.25, 0.3) is 0 Å². The van der Waals surface area contributed by atoms with Crippen LogP contribution in [0.5, 0.6) is 5.75 Å². The van der Waals surface area contributed by atoms with E-state index in [1.165, 1.54) is 25.3 Å². The minimum atomic E-state index is -0.650. The maximum Gasteiger partial charge on any atom is 0.253 e.